The van der Waals surface area contributed by atoms with Gasteiger partial charge in [0.25, 0.3) is 0 Å². The maximum atomic E-state index is 12.1. The zero-order chi connectivity index (χ0) is 26.6. The Morgan fingerprint density at radius 2 is 1.72 bits per heavy atom. The molecule has 1 amide bonds. The second-order valence-electron chi connectivity index (χ2n) is 10.7. The van der Waals surface area contributed by atoms with Gasteiger partial charge in [-0.25, -0.2) is 0 Å². The van der Waals surface area contributed by atoms with Crippen LogP contribution in [0.5, 0.6) is 6.01 Å². The second-order valence-corrected chi connectivity index (χ2v) is 10.7. The molecule has 2 aromatic carbocycles. The van der Waals surface area contributed by atoms with E-state index in [1.54, 1.807) is 0 Å². The minimum absolute atomic E-state index is 0.00730. The standard InChI is InChI=1S/C31H38N6O2/c1-2-29(38)35-18-20-36(21-19-35)30-26-13-17-37(28-12-7-10-24-9-3-4-11-25(24)28)23-27(26)32-31(33-30)39-22-8-16-34-14-5-6-15-34/h2-4,7,9-12H,1,5-6,8,13-23H2. The third kappa shape index (κ3) is 5.57. The Morgan fingerprint density at radius 3 is 2.54 bits per heavy atom. The van der Waals surface area contributed by atoms with Crippen LogP contribution >= 0.6 is 0 Å². The summed E-state index contributed by atoms with van der Waals surface area (Å²) in [7, 11) is 0. The minimum Gasteiger partial charge on any atom is -0.463 e. The van der Waals surface area contributed by atoms with Gasteiger partial charge in [0.15, 0.2) is 0 Å². The summed E-state index contributed by atoms with van der Waals surface area (Å²) in [5.74, 6) is 0.963. The molecule has 204 valence electrons. The molecule has 2 saturated heterocycles. The number of rotatable bonds is 8. The molecule has 1 aromatic heterocycles. The summed E-state index contributed by atoms with van der Waals surface area (Å²) in [6.45, 7) is 12.2. The molecule has 3 aliphatic heterocycles. The number of aromatic nitrogens is 2. The first kappa shape index (κ1) is 25.6. The van der Waals surface area contributed by atoms with Crippen LogP contribution in [-0.4, -0.2) is 84.6 Å². The van der Waals surface area contributed by atoms with Gasteiger partial charge in [0.2, 0.25) is 5.91 Å². The Balaban J connectivity index is 1.24. The van der Waals surface area contributed by atoms with E-state index in [-0.39, 0.29) is 5.91 Å². The molecule has 0 aliphatic carbocycles. The van der Waals surface area contributed by atoms with E-state index < -0.39 is 0 Å². The van der Waals surface area contributed by atoms with E-state index in [1.807, 2.05) is 4.90 Å². The van der Waals surface area contributed by atoms with Crippen LogP contribution in [0.2, 0.25) is 0 Å². The van der Waals surface area contributed by atoms with E-state index in [2.05, 4.69) is 63.7 Å². The van der Waals surface area contributed by atoms with Gasteiger partial charge in [0.1, 0.15) is 5.82 Å². The second kappa shape index (κ2) is 11.6. The molecule has 6 rings (SSSR count). The molecule has 39 heavy (non-hydrogen) atoms. The summed E-state index contributed by atoms with van der Waals surface area (Å²) in [6, 6.07) is 15.5. The fourth-order valence-corrected chi connectivity index (χ4v) is 6.13. The van der Waals surface area contributed by atoms with Gasteiger partial charge in [-0.05, 0) is 56.3 Å². The van der Waals surface area contributed by atoms with Crippen LogP contribution in [0, 0.1) is 0 Å². The molecular formula is C31H38N6O2. The molecule has 0 unspecified atom stereocenters. The summed E-state index contributed by atoms with van der Waals surface area (Å²) >= 11 is 0. The number of anilines is 2. The number of likely N-dealkylation sites (tertiary alicyclic amines) is 1. The van der Waals surface area contributed by atoms with Gasteiger partial charge in [-0.2, -0.15) is 9.97 Å². The van der Waals surface area contributed by atoms with Crippen LogP contribution in [-0.2, 0) is 17.8 Å². The summed E-state index contributed by atoms with van der Waals surface area (Å²) in [5, 5.41) is 2.51. The fourth-order valence-electron chi connectivity index (χ4n) is 6.13. The lowest BCUT2D eigenvalue weighted by Gasteiger charge is -2.38. The molecule has 0 saturated carbocycles. The number of piperazine rings is 1. The summed E-state index contributed by atoms with van der Waals surface area (Å²) in [6.07, 6.45) is 5.85. The zero-order valence-corrected chi connectivity index (χ0v) is 22.7. The third-order valence-corrected chi connectivity index (χ3v) is 8.24. The van der Waals surface area contributed by atoms with Crippen molar-refractivity contribution in [3.05, 3.63) is 66.4 Å². The predicted octanol–water partition coefficient (Wildman–Crippen LogP) is 3.89. The highest BCUT2D eigenvalue weighted by Gasteiger charge is 2.29. The Morgan fingerprint density at radius 1 is 0.923 bits per heavy atom. The summed E-state index contributed by atoms with van der Waals surface area (Å²) in [5.41, 5.74) is 3.49. The van der Waals surface area contributed by atoms with Gasteiger partial charge in [0, 0.05) is 55.9 Å². The fraction of sp³-hybridized carbons (Fsp3) is 0.452. The van der Waals surface area contributed by atoms with Crippen molar-refractivity contribution in [2.24, 2.45) is 0 Å². The molecule has 3 aromatic rings. The van der Waals surface area contributed by atoms with Gasteiger partial charge in [-0.3, -0.25) is 4.79 Å². The number of benzene rings is 2. The largest absolute Gasteiger partial charge is 0.463 e. The first-order chi connectivity index (χ1) is 19.2. The first-order valence-corrected chi connectivity index (χ1v) is 14.3. The van der Waals surface area contributed by atoms with Gasteiger partial charge in [-0.15, -0.1) is 0 Å². The molecule has 0 N–H and O–H groups in total. The highest BCUT2D eigenvalue weighted by atomic mass is 16.5. The molecule has 4 heterocycles. The Kier molecular flexibility index (Phi) is 7.63. The van der Waals surface area contributed by atoms with Crippen molar-refractivity contribution in [3.63, 3.8) is 0 Å². The van der Waals surface area contributed by atoms with Gasteiger partial charge in [0.05, 0.1) is 18.8 Å². The van der Waals surface area contributed by atoms with E-state index in [0.29, 0.717) is 25.7 Å². The van der Waals surface area contributed by atoms with Crippen molar-refractivity contribution in [3.8, 4) is 6.01 Å². The Bertz CT molecular complexity index is 1320. The van der Waals surface area contributed by atoms with Gasteiger partial charge in [-0.1, -0.05) is 43.0 Å². The molecular weight excluding hydrogens is 488 g/mol. The highest BCUT2D eigenvalue weighted by molar-refractivity contribution is 5.94. The molecule has 0 radical (unpaired) electrons. The van der Waals surface area contributed by atoms with Crippen molar-refractivity contribution in [1.29, 1.82) is 0 Å². The number of amides is 1. The number of fused-ring (bicyclic) bond motifs is 2. The van der Waals surface area contributed by atoms with Crippen LogP contribution in [0.25, 0.3) is 10.8 Å². The van der Waals surface area contributed by atoms with E-state index in [4.69, 9.17) is 14.7 Å². The van der Waals surface area contributed by atoms with Crippen molar-refractivity contribution in [2.75, 3.05) is 68.8 Å². The monoisotopic (exact) mass is 526 g/mol. The number of hydrogen-bond acceptors (Lipinski definition) is 7. The van der Waals surface area contributed by atoms with E-state index in [0.717, 1.165) is 57.1 Å². The summed E-state index contributed by atoms with van der Waals surface area (Å²) < 4.78 is 6.18. The Labute approximate surface area is 230 Å². The number of hydrogen-bond donors (Lipinski definition) is 0. The lowest BCUT2D eigenvalue weighted by Crippen LogP contribution is -2.49. The van der Waals surface area contributed by atoms with Crippen LogP contribution < -0.4 is 14.5 Å². The topological polar surface area (TPSA) is 65.0 Å². The third-order valence-electron chi connectivity index (χ3n) is 8.24. The van der Waals surface area contributed by atoms with Crippen molar-refractivity contribution in [1.82, 2.24) is 19.8 Å². The van der Waals surface area contributed by atoms with Crippen molar-refractivity contribution in [2.45, 2.75) is 32.2 Å². The van der Waals surface area contributed by atoms with Crippen LogP contribution in [0.15, 0.2) is 55.1 Å². The van der Waals surface area contributed by atoms with E-state index in [9.17, 15) is 4.79 Å². The quantitative estimate of drug-likeness (QED) is 0.326. The molecule has 2 fully saturated rings. The SMILES string of the molecule is C=CC(=O)N1CCN(c2nc(OCCCN3CCCC3)nc3c2CCN(c2cccc4ccccc24)C3)CC1. The Hall–Kier alpha value is -3.65. The van der Waals surface area contributed by atoms with Crippen molar-refractivity contribution < 1.29 is 9.53 Å². The number of carbonyl (C=O) groups excluding carboxylic acids is 1. The average Bonchev–Trinajstić information content (AvgIpc) is 3.52. The lowest BCUT2D eigenvalue weighted by molar-refractivity contribution is -0.126. The number of ether oxygens (including phenoxy) is 1. The molecule has 3 aliphatic rings. The van der Waals surface area contributed by atoms with Crippen LogP contribution in [0.1, 0.15) is 30.5 Å². The maximum absolute atomic E-state index is 12.1. The first-order valence-electron chi connectivity index (χ1n) is 14.3. The van der Waals surface area contributed by atoms with Gasteiger partial charge >= 0.3 is 6.01 Å². The molecule has 0 spiro atoms. The van der Waals surface area contributed by atoms with Crippen LogP contribution in [0.3, 0.4) is 0 Å². The van der Waals surface area contributed by atoms with Gasteiger partial charge < -0.3 is 24.3 Å². The molecule has 8 nitrogen and oxygen atoms in total. The van der Waals surface area contributed by atoms with E-state index in [1.165, 1.54) is 54.0 Å². The highest BCUT2D eigenvalue weighted by Crippen LogP contribution is 2.34. The smallest absolute Gasteiger partial charge is 0.318 e. The molecule has 0 bridgehead atoms. The predicted molar refractivity (Wildman–Crippen MR) is 156 cm³/mol. The average molecular weight is 527 g/mol. The van der Waals surface area contributed by atoms with Crippen LogP contribution in [0.4, 0.5) is 11.5 Å². The lowest BCUT2D eigenvalue weighted by atomic mass is 10.0. The maximum Gasteiger partial charge on any atom is 0.318 e. The van der Waals surface area contributed by atoms with E-state index >= 15 is 0 Å². The molecule has 0 atom stereocenters. The summed E-state index contributed by atoms with van der Waals surface area (Å²) in [4.78, 5) is 31.1. The minimum atomic E-state index is -0.00730. The zero-order valence-electron chi connectivity index (χ0n) is 22.7. The normalized spacial score (nSPS) is 17.9. The number of nitrogens with zero attached hydrogens (tertiary/aromatic N) is 6. The number of carbonyl (C=O) groups is 1. The van der Waals surface area contributed by atoms with Crippen molar-refractivity contribution >= 4 is 28.2 Å². The molecule has 8 heteroatoms.